The largest absolute Gasteiger partial charge is 0.462 e. The summed E-state index contributed by atoms with van der Waals surface area (Å²) in [5, 5.41) is 0. The van der Waals surface area contributed by atoms with Crippen LogP contribution < -0.4 is 0 Å². The lowest BCUT2D eigenvalue weighted by molar-refractivity contribution is -0.167. The second-order valence-corrected chi connectivity index (χ2v) is 19.6. The van der Waals surface area contributed by atoms with Crippen LogP contribution in [0.5, 0.6) is 0 Å². The van der Waals surface area contributed by atoms with E-state index in [0.29, 0.717) is 19.3 Å². The molecule has 6 heteroatoms. The van der Waals surface area contributed by atoms with Crippen molar-refractivity contribution in [3.05, 3.63) is 48.6 Å². The average Bonchev–Trinajstić information content (AvgIpc) is 3.33. The summed E-state index contributed by atoms with van der Waals surface area (Å²) >= 11 is 0. The molecule has 0 aliphatic rings. The van der Waals surface area contributed by atoms with Crippen LogP contribution in [0.2, 0.25) is 0 Å². The molecule has 0 unspecified atom stereocenters. The van der Waals surface area contributed by atoms with Gasteiger partial charge in [-0.15, -0.1) is 0 Å². The number of esters is 3. The molecule has 0 amide bonds. The van der Waals surface area contributed by atoms with Crippen LogP contribution in [-0.4, -0.2) is 37.2 Å². The summed E-state index contributed by atoms with van der Waals surface area (Å²) in [6.07, 6.45) is 68.2. The molecule has 390 valence electrons. The minimum Gasteiger partial charge on any atom is -0.462 e. The summed E-state index contributed by atoms with van der Waals surface area (Å²) in [5.74, 6) is -0.929. The van der Waals surface area contributed by atoms with Gasteiger partial charge in [0.15, 0.2) is 6.10 Å². The average molecular weight is 940 g/mol. The van der Waals surface area contributed by atoms with E-state index >= 15 is 0 Å². The maximum atomic E-state index is 12.8. The van der Waals surface area contributed by atoms with E-state index in [0.717, 1.165) is 64.2 Å². The van der Waals surface area contributed by atoms with Crippen molar-refractivity contribution in [2.75, 3.05) is 13.2 Å². The van der Waals surface area contributed by atoms with Crippen molar-refractivity contribution in [1.29, 1.82) is 0 Å². The van der Waals surface area contributed by atoms with Crippen LogP contribution >= 0.6 is 0 Å². The summed E-state index contributed by atoms with van der Waals surface area (Å²) in [7, 11) is 0. The molecule has 0 saturated carbocycles. The smallest absolute Gasteiger partial charge is 0.306 e. The normalized spacial score (nSPS) is 12.3. The Labute approximate surface area is 416 Å². The number of carbonyl (C=O) groups excluding carboxylic acids is 3. The summed E-state index contributed by atoms with van der Waals surface area (Å²) in [6.45, 7) is 6.61. The Morgan fingerprint density at radius 1 is 0.299 bits per heavy atom. The molecule has 0 N–H and O–H groups in total. The highest BCUT2D eigenvalue weighted by Gasteiger charge is 2.19. The Morgan fingerprint density at radius 3 is 0.881 bits per heavy atom. The highest BCUT2D eigenvalue weighted by Crippen LogP contribution is 2.17. The van der Waals surface area contributed by atoms with Gasteiger partial charge in [0.1, 0.15) is 13.2 Å². The van der Waals surface area contributed by atoms with Crippen molar-refractivity contribution >= 4 is 17.9 Å². The van der Waals surface area contributed by atoms with Crippen LogP contribution in [0.25, 0.3) is 0 Å². The van der Waals surface area contributed by atoms with E-state index in [1.54, 1.807) is 0 Å². The van der Waals surface area contributed by atoms with Crippen LogP contribution in [0.15, 0.2) is 48.6 Å². The molecule has 0 saturated heterocycles. The number of carbonyl (C=O) groups is 3. The lowest BCUT2D eigenvalue weighted by atomic mass is 10.0. The fourth-order valence-electron chi connectivity index (χ4n) is 8.44. The van der Waals surface area contributed by atoms with Gasteiger partial charge in [0.05, 0.1) is 0 Å². The van der Waals surface area contributed by atoms with Crippen molar-refractivity contribution in [1.82, 2.24) is 0 Å². The number of hydrogen-bond donors (Lipinski definition) is 0. The lowest BCUT2D eigenvalue weighted by Gasteiger charge is -2.18. The van der Waals surface area contributed by atoms with Gasteiger partial charge in [-0.3, -0.25) is 14.4 Å². The summed E-state index contributed by atoms with van der Waals surface area (Å²) in [5.41, 5.74) is 0. The quantitative estimate of drug-likeness (QED) is 0.0262. The van der Waals surface area contributed by atoms with Crippen molar-refractivity contribution in [3.8, 4) is 0 Å². The first-order valence-electron chi connectivity index (χ1n) is 29.1. The van der Waals surface area contributed by atoms with Crippen LogP contribution in [0.1, 0.15) is 303 Å². The standard InChI is InChI=1S/C61H110O6/c1-4-7-10-13-16-19-22-25-28-30-33-36-39-42-45-48-51-54-60(63)66-57-58(56-65-59(62)53-50-47-44-41-38-35-32-27-24-21-18-15-12-9-6-3)67-61(64)55-52-49-46-43-40-37-34-31-29-26-23-20-17-14-11-8-5-2/h17,20,26,29,34,37,43,46,58H,4-16,18-19,21-25,27-28,30-33,35-36,38-42,44-45,47-57H2,1-3H3/b20-17-,29-26-,37-34-,46-43-/t58-/m0/s1. The Bertz CT molecular complexity index is 1170. The van der Waals surface area contributed by atoms with Crippen molar-refractivity contribution < 1.29 is 28.6 Å². The Kier molecular flexibility index (Phi) is 53.8. The van der Waals surface area contributed by atoms with Gasteiger partial charge in [-0.2, -0.15) is 0 Å². The second kappa shape index (κ2) is 56.0. The van der Waals surface area contributed by atoms with Crippen molar-refractivity contribution in [2.45, 2.75) is 309 Å². The molecule has 0 aromatic carbocycles. The van der Waals surface area contributed by atoms with Gasteiger partial charge < -0.3 is 14.2 Å². The zero-order valence-corrected chi connectivity index (χ0v) is 44.7. The highest BCUT2D eigenvalue weighted by molar-refractivity contribution is 5.71. The molecule has 67 heavy (non-hydrogen) atoms. The minimum atomic E-state index is -0.798. The second-order valence-electron chi connectivity index (χ2n) is 19.6. The SMILES string of the molecule is CCCCC/C=C\C/C=C\C/C=C\C/C=C\CCCC(=O)O[C@@H](COC(=O)CCCCCCCCCCCCCCCCC)COC(=O)CCCCCCCCCCCCCCCCCCC. The van der Waals surface area contributed by atoms with Gasteiger partial charge in [0, 0.05) is 19.3 Å². The number of unbranched alkanes of at least 4 members (excludes halogenated alkanes) is 34. The molecule has 0 radical (unpaired) electrons. The van der Waals surface area contributed by atoms with Gasteiger partial charge in [-0.1, -0.05) is 275 Å². The van der Waals surface area contributed by atoms with Gasteiger partial charge in [0.25, 0.3) is 0 Å². The summed E-state index contributed by atoms with van der Waals surface area (Å²) in [6, 6.07) is 0. The predicted octanol–water partition coefficient (Wildman–Crippen LogP) is 19.4. The Morgan fingerprint density at radius 2 is 0.552 bits per heavy atom. The van der Waals surface area contributed by atoms with E-state index in [-0.39, 0.29) is 37.5 Å². The van der Waals surface area contributed by atoms with Crippen LogP contribution in [0, 0.1) is 0 Å². The van der Waals surface area contributed by atoms with Gasteiger partial charge in [0.2, 0.25) is 0 Å². The molecule has 0 spiro atoms. The van der Waals surface area contributed by atoms with Gasteiger partial charge >= 0.3 is 17.9 Å². The Balaban J connectivity index is 4.42. The van der Waals surface area contributed by atoms with Crippen LogP contribution in [0.4, 0.5) is 0 Å². The van der Waals surface area contributed by atoms with Crippen molar-refractivity contribution in [2.24, 2.45) is 0 Å². The monoisotopic (exact) mass is 939 g/mol. The number of allylic oxidation sites excluding steroid dienone is 8. The maximum Gasteiger partial charge on any atom is 0.306 e. The first kappa shape index (κ1) is 64.4. The Hall–Kier alpha value is -2.63. The zero-order valence-electron chi connectivity index (χ0n) is 44.7. The molecule has 0 aliphatic heterocycles. The number of hydrogen-bond acceptors (Lipinski definition) is 6. The highest BCUT2D eigenvalue weighted by atomic mass is 16.6. The van der Waals surface area contributed by atoms with E-state index in [2.05, 4.69) is 69.4 Å². The molecule has 6 nitrogen and oxygen atoms in total. The third-order valence-electron chi connectivity index (χ3n) is 12.8. The van der Waals surface area contributed by atoms with Gasteiger partial charge in [-0.05, 0) is 57.8 Å². The number of rotatable bonds is 53. The minimum absolute atomic E-state index is 0.0903. The topological polar surface area (TPSA) is 78.9 Å². The molecule has 0 aliphatic carbocycles. The van der Waals surface area contributed by atoms with E-state index in [9.17, 15) is 14.4 Å². The predicted molar refractivity (Wildman–Crippen MR) is 289 cm³/mol. The fraction of sp³-hybridized carbons (Fsp3) is 0.820. The molecule has 1 atom stereocenters. The van der Waals surface area contributed by atoms with Gasteiger partial charge in [-0.25, -0.2) is 0 Å². The summed E-state index contributed by atoms with van der Waals surface area (Å²) < 4.78 is 16.8. The van der Waals surface area contributed by atoms with E-state index in [1.165, 1.54) is 193 Å². The van der Waals surface area contributed by atoms with Crippen LogP contribution in [-0.2, 0) is 28.6 Å². The lowest BCUT2D eigenvalue weighted by Crippen LogP contribution is -2.30. The fourth-order valence-corrected chi connectivity index (χ4v) is 8.44. The maximum absolute atomic E-state index is 12.8. The molecular weight excluding hydrogens is 829 g/mol. The first-order chi connectivity index (χ1) is 33.0. The zero-order chi connectivity index (χ0) is 48.6. The molecule has 0 aromatic rings. The van der Waals surface area contributed by atoms with E-state index < -0.39 is 6.10 Å². The van der Waals surface area contributed by atoms with Crippen LogP contribution in [0.3, 0.4) is 0 Å². The third kappa shape index (κ3) is 54.2. The third-order valence-corrected chi connectivity index (χ3v) is 12.8. The molecule has 0 bridgehead atoms. The summed E-state index contributed by atoms with van der Waals surface area (Å²) in [4.78, 5) is 38.1. The molecule has 0 heterocycles. The molecule has 0 rings (SSSR count). The first-order valence-corrected chi connectivity index (χ1v) is 29.1. The number of ether oxygens (including phenoxy) is 3. The van der Waals surface area contributed by atoms with Crippen molar-refractivity contribution in [3.63, 3.8) is 0 Å². The molecule has 0 aromatic heterocycles. The van der Waals surface area contributed by atoms with E-state index in [1.807, 2.05) is 0 Å². The molecule has 0 fully saturated rings. The van der Waals surface area contributed by atoms with E-state index in [4.69, 9.17) is 14.2 Å². The molecular formula is C61H110O6.